The maximum atomic E-state index is 2.70. The summed E-state index contributed by atoms with van der Waals surface area (Å²) in [6.07, 6.45) is 4.34. The Labute approximate surface area is 285 Å². The molecule has 3 fully saturated rings. The van der Waals surface area contributed by atoms with E-state index >= 15 is 0 Å². The van der Waals surface area contributed by atoms with Crippen LogP contribution in [0.25, 0.3) is 76.8 Å². The molecule has 3 aromatic heterocycles. The van der Waals surface area contributed by atoms with Crippen LogP contribution in [0, 0.1) is 29.1 Å². The van der Waals surface area contributed by atoms with E-state index in [0.29, 0.717) is 5.41 Å². The van der Waals surface area contributed by atoms with E-state index in [1.165, 1.54) is 96.1 Å². The third-order valence-electron chi connectivity index (χ3n) is 13.7. The Morgan fingerprint density at radius 3 is 1.31 bits per heavy atom. The Bertz CT molecular complexity index is 2550. The van der Waals surface area contributed by atoms with Gasteiger partial charge in [0.05, 0.1) is 22.1 Å². The normalized spacial score (nSPS) is 24.3. The lowest BCUT2D eigenvalue weighted by molar-refractivity contribution is -0.303. The Morgan fingerprint density at radius 1 is 0.469 bits per heavy atom. The van der Waals surface area contributed by atoms with Crippen LogP contribution in [0.4, 0.5) is 0 Å². The molecule has 0 radical (unpaired) electrons. The van der Waals surface area contributed by atoms with Gasteiger partial charge in [0.15, 0.2) is 0 Å². The first-order chi connectivity index (χ1) is 24.2. The van der Waals surface area contributed by atoms with Crippen molar-refractivity contribution in [3.05, 3.63) is 133 Å². The quantitative estimate of drug-likeness (QED) is 0.184. The minimum absolute atomic E-state index is 0.620. The Balaban J connectivity index is 1.11. The Hall–Kier alpha value is -5.28. The minimum atomic E-state index is 0.620. The molecule has 3 aliphatic carbocycles. The first-order valence-corrected chi connectivity index (χ1v) is 18.2. The molecule has 9 aromatic rings. The van der Waals surface area contributed by atoms with E-state index in [-0.39, 0.29) is 0 Å². The summed E-state index contributed by atoms with van der Waals surface area (Å²) in [5.74, 6) is 3.62. The number of rotatable bonds is 4. The van der Waals surface area contributed by atoms with Crippen molar-refractivity contribution in [2.75, 3.05) is 0 Å². The second-order valence-corrected chi connectivity index (χ2v) is 15.5. The van der Waals surface area contributed by atoms with Crippen LogP contribution in [0.3, 0.4) is 0 Å². The Morgan fingerprint density at radius 2 is 0.898 bits per heavy atom. The van der Waals surface area contributed by atoms with E-state index in [1.807, 2.05) is 0 Å². The second-order valence-electron chi connectivity index (χ2n) is 15.5. The zero-order valence-corrected chi connectivity index (χ0v) is 27.7. The first-order valence-electron chi connectivity index (χ1n) is 18.2. The van der Waals surface area contributed by atoms with Crippen LogP contribution in [0.15, 0.2) is 133 Å². The topological polar surface area (TPSA) is 14.8 Å². The van der Waals surface area contributed by atoms with E-state index in [2.05, 4.69) is 154 Å². The fraction of sp³-hybridized carbons (Fsp3) is 0.217. The summed E-state index contributed by atoms with van der Waals surface area (Å²) >= 11 is 0. The Kier molecular flexibility index (Phi) is 5.02. The predicted octanol–water partition coefficient (Wildman–Crippen LogP) is 11.7. The molecular formula is C46H37N3. The van der Waals surface area contributed by atoms with Gasteiger partial charge in [0, 0.05) is 61.3 Å². The molecule has 3 heteroatoms. The van der Waals surface area contributed by atoms with Crippen molar-refractivity contribution in [2.24, 2.45) is 29.1 Å². The molecule has 0 saturated heterocycles. The molecule has 3 aliphatic rings. The highest BCUT2D eigenvalue weighted by atomic mass is 15.0. The molecule has 0 amide bonds. The standard InChI is InChI=1S/C46H37N3/c1-28-22-29-23-30-24-31(46(28,29)30)27-47-40-20-18-32(48-42-14-6-2-10-34(42)35-11-3-7-15-43(35)48)25-38(40)39-26-33(19-21-41(39)47)49-44-16-8-4-12-36(44)37-13-5-9-17-45(37)49/h2-21,25-26,28-31H,22-24,27H2,1H3. The lowest BCUT2D eigenvalue weighted by atomic mass is 9.26. The smallest absolute Gasteiger partial charge is 0.0541 e. The van der Waals surface area contributed by atoms with Crippen LogP contribution in [0.5, 0.6) is 0 Å². The number of nitrogens with zero attached hydrogens (tertiary/aromatic N) is 3. The number of benzene rings is 6. The highest BCUT2D eigenvalue weighted by Crippen LogP contribution is 2.79. The SMILES string of the molecule is CC1CC2CC3CC(Cn4c5ccc(-n6c7ccccc7c7ccccc76)cc5c5cc(-n6c7ccccc7c7ccccc76)ccc54)C123. The monoisotopic (exact) mass is 631 g/mol. The molecule has 5 atom stereocenters. The maximum absolute atomic E-state index is 2.70. The molecule has 3 nitrogen and oxygen atoms in total. The van der Waals surface area contributed by atoms with Gasteiger partial charge in [-0.25, -0.2) is 0 Å². The summed E-state index contributed by atoms with van der Waals surface area (Å²) < 4.78 is 7.63. The molecule has 236 valence electrons. The van der Waals surface area contributed by atoms with Crippen molar-refractivity contribution in [2.45, 2.75) is 32.7 Å². The average molecular weight is 632 g/mol. The van der Waals surface area contributed by atoms with Crippen LogP contribution in [0.1, 0.15) is 26.2 Å². The van der Waals surface area contributed by atoms with Gasteiger partial charge in [-0.15, -0.1) is 0 Å². The molecule has 6 aromatic carbocycles. The van der Waals surface area contributed by atoms with Crippen molar-refractivity contribution in [3.8, 4) is 11.4 Å². The van der Waals surface area contributed by atoms with Crippen molar-refractivity contribution >= 4 is 65.4 Å². The van der Waals surface area contributed by atoms with Crippen LogP contribution in [-0.4, -0.2) is 13.7 Å². The molecule has 3 saturated carbocycles. The largest absolute Gasteiger partial charge is 0.340 e. The van der Waals surface area contributed by atoms with Gasteiger partial charge in [-0.2, -0.15) is 0 Å². The van der Waals surface area contributed by atoms with Crippen LogP contribution < -0.4 is 0 Å². The molecule has 0 aliphatic heterocycles. The van der Waals surface area contributed by atoms with Gasteiger partial charge in [-0.05, 0) is 109 Å². The molecule has 0 bridgehead atoms. The molecule has 1 spiro atoms. The maximum Gasteiger partial charge on any atom is 0.0541 e. The van der Waals surface area contributed by atoms with Gasteiger partial charge < -0.3 is 13.7 Å². The van der Waals surface area contributed by atoms with E-state index in [1.54, 1.807) is 0 Å². The van der Waals surface area contributed by atoms with Crippen LogP contribution in [0.2, 0.25) is 0 Å². The van der Waals surface area contributed by atoms with Gasteiger partial charge in [-0.1, -0.05) is 79.7 Å². The number of hydrogen-bond donors (Lipinski definition) is 0. The molecule has 0 N–H and O–H groups in total. The number of hydrogen-bond acceptors (Lipinski definition) is 0. The van der Waals surface area contributed by atoms with Gasteiger partial charge in [0.2, 0.25) is 0 Å². The minimum Gasteiger partial charge on any atom is -0.340 e. The summed E-state index contributed by atoms with van der Waals surface area (Å²) in [5, 5.41) is 7.90. The number of aromatic nitrogens is 3. The predicted molar refractivity (Wildman–Crippen MR) is 204 cm³/mol. The summed E-state index contributed by atoms with van der Waals surface area (Å²) in [5.41, 5.74) is 10.8. The van der Waals surface area contributed by atoms with Crippen molar-refractivity contribution < 1.29 is 0 Å². The molecule has 5 unspecified atom stereocenters. The number of fused-ring (bicyclic) bond motifs is 9. The highest BCUT2D eigenvalue weighted by molar-refractivity contribution is 6.13. The average Bonchev–Trinajstić information content (AvgIpc) is 3.75. The van der Waals surface area contributed by atoms with Crippen molar-refractivity contribution in [1.29, 1.82) is 0 Å². The summed E-state index contributed by atoms with van der Waals surface area (Å²) in [6.45, 7) is 3.66. The molecule has 49 heavy (non-hydrogen) atoms. The molecule has 3 heterocycles. The van der Waals surface area contributed by atoms with E-state index < -0.39 is 0 Å². The van der Waals surface area contributed by atoms with E-state index in [0.717, 1.165) is 30.2 Å². The second kappa shape index (κ2) is 9.24. The lowest BCUT2D eigenvalue weighted by Gasteiger charge is -2.78. The van der Waals surface area contributed by atoms with Crippen LogP contribution in [-0.2, 0) is 6.54 Å². The third kappa shape index (κ3) is 3.20. The number of para-hydroxylation sites is 4. The summed E-state index contributed by atoms with van der Waals surface area (Å²) in [7, 11) is 0. The van der Waals surface area contributed by atoms with Crippen molar-refractivity contribution in [3.63, 3.8) is 0 Å². The lowest BCUT2D eigenvalue weighted by Crippen LogP contribution is -2.72. The van der Waals surface area contributed by atoms with E-state index in [9.17, 15) is 0 Å². The van der Waals surface area contributed by atoms with Crippen LogP contribution >= 0.6 is 0 Å². The molecule has 12 rings (SSSR count). The van der Waals surface area contributed by atoms with Gasteiger partial charge >= 0.3 is 0 Å². The first kappa shape index (κ1) is 26.6. The zero-order chi connectivity index (χ0) is 32.0. The van der Waals surface area contributed by atoms with Gasteiger partial charge in [0.25, 0.3) is 0 Å². The molecular weight excluding hydrogens is 595 g/mol. The van der Waals surface area contributed by atoms with Gasteiger partial charge in [-0.3, -0.25) is 0 Å². The zero-order valence-electron chi connectivity index (χ0n) is 27.7. The fourth-order valence-corrected chi connectivity index (χ4v) is 11.7. The third-order valence-corrected chi connectivity index (χ3v) is 13.7. The van der Waals surface area contributed by atoms with Crippen molar-refractivity contribution in [1.82, 2.24) is 13.7 Å². The summed E-state index contributed by atoms with van der Waals surface area (Å²) in [4.78, 5) is 0. The fourth-order valence-electron chi connectivity index (χ4n) is 11.7. The highest BCUT2D eigenvalue weighted by Gasteiger charge is 2.73. The summed E-state index contributed by atoms with van der Waals surface area (Å²) in [6, 6.07) is 49.9. The van der Waals surface area contributed by atoms with Gasteiger partial charge in [0.1, 0.15) is 0 Å². The van der Waals surface area contributed by atoms with E-state index in [4.69, 9.17) is 0 Å².